The molecule has 1 nitrogen and oxygen atoms in total. The summed E-state index contributed by atoms with van der Waals surface area (Å²) in [4.78, 5) is 0. The molecule has 2 radical (unpaired) electrons. The minimum Gasteiger partial charge on any atom is -0.343 e. The van der Waals surface area contributed by atoms with Crippen LogP contribution in [0.4, 0.5) is 0 Å². The molecule has 0 unspecified atom stereocenters. The van der Waals surface area contributed by atoms with E-state index in [9.17, 15) is 0 Å². The molecule has 0 atom stereocenters. The van der Waals surface area contributed by atoms with E-state index < -0.39 is 0 Å². The standard InChI is InChI=1S/C7H5N/c1-3-7-4-2-6-8(7)5-1/h3-5H,6H2. The molecule has 1 aliphatic heterocycles. The SMILES string of the molecule is [C]1=Cc2c[c]cn2C1. The monoisotopic (exact) mass is 103 g/mol. The minimum atomic E-state index is 0.902. The van der Waals surface area contributed by atoms with Gasteiger partial charge < -0.3 is 4.57 Å². The van der Waals surface area contributed by atoms with E-state index >= 15 is 0 Å². The smallest absolute Gasteiger partial charge is 0.0480 e. The van der Waals surface area contributed by atoms with Gasteiger partial charge >= 0.3 is 0 Å². The predicted octanol–water partition coefficient (Wildman–Crippen LogP) is 1.12. The largest absolute Gasteiger partial charge is 0.343 e. The van der Waals surface area contributed by atoms with Crippen LogP contribution >= 0.6 is 0 Å². The van der Waals surface area contributed by atoms with Crippen LogP contribution in [0.5, 0.6) is 0 Å². The molecule has 0 aliphatic carbocycles. The first-order chi connectivity index (χ1) is 3.97. The summed E-state index contributed by atoms with van der Waals surface area (Å²) in [6.07, 6.45) is 7.00. The van der Waals surface area contributed by atoms with Crippen LogP contribution in [-0.4, -0.2) is 4.57 Å². The molecule has 1 aromatic rings. The molecular weight excluding hydrogens is 98.1 g/mol. The lowest BCUT2D eigenvalue weighted by atomic mass is 10.4. The molecule has 0 bridgehead atoms. The first-order valence-electron chi connectivity index (χ1n) is 2.59. The Kier molecular flexibility index (Phi) is 0.618. The lowest BCUT2D eigenvalue weighted by molar-refractivity contribution is 0.835. The molecule has 0 fully saturated rings. The van der Waals surface area contributed by atoms with Gasteiger partial charge in [0.1, 0.15) is 0 Å². The maximum absolute atomic E-state index is 3.09. The minimum absolute atomic E-state index is 0.902. The fourth-order valence-electron chi connectivity index (χ4n) is 0.880. The van der Waals surface area contributed by atoms with E-state index in [1.165, 1.54) is 5.69 Å². The molecule has 0 amide bonds. The van der Waals surface area contributed by atoms with Gasteiger partial charge in [-0.25, -0.2) is 0 Å². The highest BCUT2D eigenvalue weighted by Crippen LogP contribution is 2.09. The van der Waals surface area contributed by atoms with Crippen molar-refractivity contribution < 1.29 is 0 Å². The highest BCUT2D eigenvalue weighted by molar-refractivity contribution is 5.46. The average Bonchev–Trinajstić information content (AvgIpc) is 2.15. The summed E-state index contributed by atoms with van der Waals surface area (Å²) in [5.41, 5.74) is 1.21. The Bertz CT molecular complexity index is 220. The summed E-state index contributed by atoms with van der Waals surface area (Å²) >= 11 is 0. The van der Waals surface area contributed by atoms with Gasteiger partial charge in [-0.05, 0) is 18.2 Å². The van der Waals surface area contributed by atoms with Gasteiger partial charge in [-0.1, -0.05) is 0 Å². The van der Waals surface area contributed by atoms with Crippen molar-refractivity contribution in [2.45, 2.75) is 6.54 Å². The number of rotatable bonds is 0. The Hall–Kier alpha value is -0.980. The Morgan fingerprint density at radius 2 is 2.62 bits per heavy atom. The number of hydrogen-bond donors (Lipinski definition) is 0. The van der Waals surface area contributed by atoms with Crippen molar-refractivity contribution in [1.82, 2.24) is 4.57 Å². The fourth-order valence-corrected chi connectivity index (χ4v) is 0.880. The highest BCUT2D eigenvalue weighted by atomic mass is 15.0. The molecule has 1 aromatic heterocycles. The van der Waals surface area contributed by atoms with Gasteiger partial charge in [-0.2, -0.15) is 0 Å². The third-order valence-electron chi connectivity index (χ3n) is 1.30. The number of hydrogen-bond acceptors (Lipinski definition) is 0. The van der Waals surface area contributed by atoms with Gasteiger partial charge in [0.15, 0.2) is 0 Å². The zero-order valence-electron chi connectivity index (χ0n) is 4.39. The number of allylic oxidation sites excluding steroid dienone is 1. The Morgan fingerprint density at radius 1 is 1.62 bits per heavy atom. The Labute approximate surface area is 48.2 Å². The lowest BCUT2D eigenvalue weighted by Crippen LogP contribution is -1.87. The molecular formula is C7H5N. The topological polar surface area (TPSA) is 4.93 Å². The van der Waals surface area contributed by atoms with Gasteiger partial charge in [0.25, 0.3) is 0 Å². The van der Waals surface area contributed by atoms with Crippen LogP contribution in [0.15, 0.2) is 12.3 Å². The Morgan fingerprint density at radius 3 is 3.50 bits per heavy atom. The van der Waals surface area contributed by atoms with Crippen LogP contribution < -0.4 is 0 Å². The van der Waals surface area contributed by atoms with E-state index in [2.05, 4.69) is 16.7 Å². The van der Waals surface area contributed by atoms with Crippen LogP contribution in [0.2, 0.25) is 0 Å². The zero-order valence-corrected chi connectivity index (χ0v) is 4.39. The molecule has 0 saturated carbocycles. The fraction of sp³-hybridized carbons (Fsp3) is 0.143. The third kappa shape index (κ3) is 0.360. The summed E-state index contributed by atoms with van der Waals surface area (Å²) < 4.78 is 2.10. The quantitative estimate of drug-likeness (QED) is 0.463. The van der Waals surface area contributed by atoms with E-state index in [4.69, 9.17) is 0 Å². The molecule has 1 heteroatoms. The molecule has 38 valence electrons. The third-order valence-corrected chi connectivity index (χ3v) is 1.30. The maximum Gasteiger partial charge on any atom is 0.0480 e. The van der Waals surface area contributed by atoms with Crippen LogP contribution in [0.3, 0.4) is 0 Å². The van der Waals surface area contributed by atoms with E-state index in [0.29, 0.717) is 0 Å². The summed E-state index contributed by atoms with van der Waals surface area (Å²) in [7, 11) is 0. The van der Waals surface area contributed by atoms with Gasteiger partial charge in [-0.15, -0.1) is 0 Å². The zero-order chi connectivity index (χ0) is 5.40. The predicted molar refractivity (Wildman–Crippen MR) is 31.0 cm³/mol. The van der Waals surface area contributed by atoms with E-state index in [0.717, 1.165) is 6.54 Å². The molecule has 1 aliphatic rings. The number of fused-ring (bicyclic) bond motifs is 1. The molecule has 0 aromatic carbocycles. The summed E-state index contributed by atoms with van der Waals surface area (Å²) in [5, 5.41) is 0. The second-order valence-corrected chi connectivity index (χ2v) is 1.84. The molecule has 2 heterocycles. The first-order valence-corrected chi connectivity index (χ1v) is 2.59. The average molecular weight is 103 g/mol. The van der Waals surface area contributed by atoms with Gasteiger partial charge in [0.05, 0.1) is 0 Å². The second-order valence-electron chi connectivity index (χ2n) is 1.84. The molecule has 0 saturated heterocycles. The van der Waals surface area contributed by atoms with Crippen molar-refractivity contribution in [3.05, 3.63) is 30.1 Å². The van der Waals surface area contributed by atoms with Crippen molar-refractivity contribution in [3.8, 4) is 0 Å². The summed E-state index contributed by atoms with van der Waals surface area (Å²) in [6, 6.07) is 4.95. The van der Waals surface area contributed by atoms with Crippen molar-refractivity contribution in [1.29, 1.82) is 0 Å². The van der Waals surface area contributed by atoms with E-state index in [1.807, 2.05) is 18.3 Å². The first kappa shape index (κ1) is 3.96. The van der Waals surface area contributed by atoms with Gasteiger partial charge in [0, 0.05) is 24.5 Å². The highest BCUT2D eigenvalue weighted by Gasteiger charge is 1.99. The van der Waals surface area contributed by atoms with Crippen molar-refractivity contribution in [2.24, 2.45) is 0 Å². The van der Waals surface area contributed by atoms with Gasteiger partial charge in [-0.3, -0.25) is 0 Å². The van der Waals surface area contributed by atoms with E-state index in [-0.39, 0.29) is 0 Å². The maximum atomic E-state index is 3.09. The Balaban J connectivity index is 2.67. The van der Waals surface area contributed by atoms with Crippen molar-refractivity contribution in [3.63, 3.8) is 0 Å². The molecule has 0 N–H and O–H groups in total. The van der Waals surface area contributed by atoms with Crippen LogP contribution in [-0.2, 0) is 6.54 Å². The second kappa shape index (κ2) is 1.25. The van der Waals surface area contributed by atoms with Crippen molar-refractivity contribution in [2.75, 3.05) is 0 Å². The van der Waals surface area contributed by atoms with Crippen LogP contribution in [0.1, 0.15) is 5.69 Å². The van der Waals surface area contributed by atoms with Crippen LogP contribution in [0.25, 0.3) is 6.08 Å². The van der Waals surface area contributed by atoms with E-state index in [1.54, 1.807) is 0 Å². The summed E-state index contributed by atoms with van der Waals surface area (Å²) in [5.74, 6) is 0. The van der Waals surface area contributed by atoms with Crippen LogP contribution in [0, 0.1) is 12.1 Å². The van der Waals surface area contributed by atoms with Gasteiger partial charge in [0.2, 0.25) is 0 Å². The van der Waals surface area contributed by atoms with Crippen molar-refractivity contribution >= 4 is 6.08 Å². The normalized spacial score (nSPS) is 14.5. The molecule has 0 spiro atoms. The molecule has 2 rings (SSSR count). The number of nitrogens with zero attached hydrogens (tertiary/aromatic N) is 1. The summed E-state index contributed by atoms with van der Waals surface area (Å²) in [6.45, 7) is 0.902. The lowest BCUT2D eigenvalue weighted by Gasteiger charge is -1.90. The number of aromatic nitrogens is 1. The molecule has 8 heavy (non-hydrogen) atoms.